The van der Waals surface area contributed by atoms with Gasteiger partial charge in [0.1, 0.15) is 11.5 Å². The molecule has 0 atom stereocenters. The zero-order chi connectivity index (χ0) is 15.0. The number of ether oxygens (including phenoxy) is 2. The van der Waals surface area contributed by atoms with Gasteiger partial charge in [0, 0.05) is 19.0 Å². The molecule has 5 nitrogen and oxygen atoms in total. The zero-order valence-corrected chi connectivity index (χ0v) is 13.4. The van der Waals surface area contributed by atoms with Crippen LogP contribution in [0.1, 0.15) is 6.42 Å². The number of quaternary nitrogens is 1. The van der Waals surface area contributed by atoms with Crippen LogP contribution in [0, 0.1) is 0 Å². The smallest absolute Gasteiger partial charge is 0.170 e. The summed E-state index contributed by atoms with van der Waals surface area (Å²) in [5.41, 5.74) is 0.794. The van der Waals surface area contributed by atoms with Gasteiger partial charge in [0.15, 0.2) is 5.11 Å². The lowest BCUT2D eigenvalue weighted by molar-refractivity contribution is -0.858. The minimum Gasteiger partial charge on any atom is -0.497 e. The van der Waals surface area contributed by atoms with Crippen molar-refractivity contribution >= 4 is 23.0 Å². The molecule has 6 heteroatoms. The summed E-state index contributed by atoms with van der Waals surface area (Å²) in [6, 6.07) is 5.55. The number of hydrogen-bond acceptors (Lipinski definition) is 3. The molecule has 1 aromatic rings. The van der Waals surface area contributed by atoms with Gasteiger partial charge in [0.2, 0.25) is 0 Å². The van der Waals surface area contributed by atoms with Crippen LogP contribution in [0.2, 0.25) is 0 Å². The van der Waals surface area contributed by atoms with Gasteiger partial charge in [-0.15, -0.1) is 0 Å². The molecule has 0 radical (unpaired) electrons. The highest BCUT2D eigenvalue weighted by Crippen LogP contribution is 2.28. The van der Waals surface area contributed by atoms with Crippen LogP contribution in [0.25, 0.3) is 0 Å². The van der Waals surface area contributed by atoms with E-state index in [1.165, 1.54) is 4.90 Å². The standard InChI is InChI=1S/C14H23N3O2S/c1-17(2)9-5-8-15-14(20)16-12-10-11(18-3)6-7-13(12)19-4/h6-7,10H,5,8-9H2,1-4H3,(H2,15,16,20)/p+1. The largest absolute Gasteiger partial charge is 0.497 e. The van der Waals surface area contributed by atoms with Gasteiger partial charge < -0.3 is 25.0 Å². The van der Waals surface area contributed by atoms with Crippen LogP contribution < -0.4 is 25.0 Å². The van der Waals surface area contributed by atoms with E-state index in [0.29, 0.717) is 5.11 Å². The van der Waals surface area contributed by atoms with Gasteiger partial charge in [-0.25, -0.2) is 0 Å². The lowest BCUT2D eigenvalue weighted by Crippen LogP contribution is -3.05. The average Bonchev–Trinajstić information content (AvgIpc) is 2.43. The highest BCUT2D eigenvalue weighted by atomic mass is 32.1. The molecule has 0 spiro atoms. The van der Waals surface area contributed by atoms with Gasteiger partial charge in [0.05, 0.1) is 40.5 Å². The number of rotatable bonds is 7. The first kappa shape index (κ1) is 16.5. The Balaban J connectivity index is 2.52. The fourth-order valence-electron chi connectivity index (χ4n) is 1.72. The number of nitrogens with one attached hydrogen (secondary N) is 3. The topological polar surface area (TPSA) is 47.0 Å². The number of anilines is 1. The van der Waals surface area contributed by atoms with E-state index in [2.05, 4.69) is 24.7 Å². The summed E-state index contributed by atoms with van der Waals surface area (Å²) in [4.78, 5) is 1.43. The molecule has 0 aromatic heterocycles. The van der Waals surface area contributed by atoms with Crippen molar-refractivity contribution in [1.29, 1.82) is 0 Å². The van der Waals surface area contributed by atoms with E-state index < -0.39 is 0 Å². The molecule has 1 aromatic carbocycles. The molecular weight excluding hydrogens is 274 g/mol. The SMILES string of the molecule is COc1ccc(OC)c(NC(=S)NCCC[NH+](C)C)c1. The van der Waals surface area contributed by atoms with Gasteiger partial charge in [-0.3, -0.25) is 0 Å². The van der Waals surface area contributed by atoms with Gasteiger partial charge in [-0.05, 0) is 24.4 Å². The summed E-state index contributed by atoms with van der Waals surface area (Å²) < 4.78 is 10.5. The van der Waals surface area contributed by atoms with Crippen molar-refractivity contribution in [1.82, 2.24) is 5.32 Å². The van der Waals surface area contributed by atoms with Crippen molar-refractivity contribution in [2.45, 2.75) is 6.42 Å². The highest BCUT2D eigenvalue weighted by Gasteiger charge is 2.06. The Morgan fingerprint density at radius 1 is 1.25 bits per heavy atom. The van der Waals surface area contributed by atoms with Crippen LogP contribution >= 0.6 is 12.2 Å². The molecule has 0 fully saturated rings. The van der Waals surface area contributed by atoms with E-state index >= 15 is 0 Å². The zero-order valence-electron chi connectivity index (χ0n) is 12.6. The average molecular weight is 298 g/mol. The summed E-state index contributed by atoms with van der Waals surface area (Å²) in [5, 5.41) is 6.91. The third-order valence-corrected chi connectivity index (χ3v) is 3.04. The van der Waals surface area contributed by atoms with Crippen LogP contribution in [0.15, 0.2) is 18.2 Å². The van der Waals surface area contributed by atoms with Crippen LogP contribution in [0.5, 0.6) is 11.5 Å². The molecule has 0 bridgehead atoms. The van der Waals surface area contributed by atoms with Crippen LogP contribution in [-0.2, 0) is 0 Å². The van der Waals surface area contributed by atoms with Crippen LogP contribution in [-0.4, -0.2) is 46.5 Å². The molecule has 0 heterocycles. The Hall–Kier alpha value is -1.53. The quantitative estimate of drug-likeness (QED) is 0.506. The maximum absolute atomic E-state index is 5.29. The minimum absolute atomic E-state index is 0.588. The fraction of sp³-hybridized carbons (Fsp3) is 0.500. The summed E-state index contributed by atoms with van der Waals surface area (Å²) in [6.45, 7) is 1.96. The first-order chi connectivity index (χ1) is 9.56. The molecule has 0 aliphatic carbocycles. The number of hydrogen-bond donors (Lipinski definition) is 3. The van der Waals surface area contributed by atoms with Gasteiger partial charge in [-0.2, -0.15) is 0 Å². The molecule has 1 rings (SSSR count). The molecule has 112 valence electrons. The van der Waals surface area contributed by atoms with E-state index in [1.807, 2.05) is 18.2 Å². The molecule has 0 amide bonds. The first-order valence-corrected chi connectivity index (χ1v) is 7.03. The maximum Gasteiger partial charge on any atom is 0.170 e. The molecule has 0 saturated heterocycles. The predicted octanol–water partition coefficient (Wildman–Crippen LogP) is 0.525. The Morgan fingerprint density at radius 3 is 2.60 bits per heavy atom. The molecule has 3 N–H and O–H groups in total. The van der Waals surface area contributed by atoms with E-state index in [9.17, 15) is 0 Å². The van der Waals surface area contributed by atoms with Crippen LogP contribution in [0.3, 0.4) is 0 Å². The lowest BCUT2D eigenvalue weighted by atomic mass is 10.2. The molecule has 20 heavy (non-hydrogen) atoms. The van der Waals surface area contributed by atoms with E-state index in [0.717, 1.165) is 36.7 Å². The van der Waals surface area contributed by atoms with Crippen LogP contribution in [0.4, 0.5) is 5.69 Å². The third-order valence-electron chi connectivity index (χ3n) is 2.79. The van der Waals surface area contributed by atoms with E-state index in [4.69, 9.17) is 21.7 Å². The summed E-state index contributed by atoms with van der Waals surface area (Å²) in [5.74, 6) is 1.49. The van der Waals surface area contributed by atoms with Crippen molar-refractivity contribution in [2.75, 3.05) is 46.7 Å². The second kappa shape index (κ2) is 8.60. The van der Waals surface area contributed by atoms with Crippen molar-refractivity contribution in [3.63, 3.8) is 0 Å². The van der Waals surface area contributed by atoms with Crippen molar-refractivity contribution in [3.05, 3.63) is 18.2 Å². The number of methoxy groups -OCH3 is 2. The second-order valence-corrected chi connectivity index (χ2v) is 5.17. The highest BCUT2D eigenvalue weighted by molar-refractivity contribution is 7.80. The van der Waals surface area contributed by atoms with Gasteiger partial charge >= 0.3 is 0 Å². The van der Waals surface area contributed by atoms with Crippen molar-refractivity contribution in [3.8, 4) is 11.5 Å². The Labute approximate surface area is 126 Å². The number of thiocarbonyl (C=S) groups is 1. The van der Waals surface area contributed by atoms with E-state index in [1.54, 1.807) is 14.2 Å². The van der Waals surface area contributed by atoms with E-state index in [-0.39, 0.29) is 0 Å². The summed E-state index contributed by atoms with van der Waals surface area (Å²) in [6.07, 6.45) is 1.07. The molecule has 0 unspecified atom stereocenters. The van der Waals surface area contributed by atoms with Crippen molar-refractivity contribution < 1.29 is 14.4 Å². The Kier molecular flexibility index (Phi) is 7.11. The van der Waals surface area contributed by atoms with Gasteiger partial charge in [-0.1, -0.05) is 0 Å². The fourth-order valence-corrected chi connectivity index (χ4v) is 1.93. The minimum atomic E-state index is 0.588. The Bertz CT molecular complexity index is 438. The predicted molar refractivity (Wildman–Crippen MR) is 86.1 cm³/mol. The summed E-state index contributed by atoms with van der Waals surface area (Å²) in [7, 11) is 7.53. The normalized spacial score (nSPS) is 10.2. The van der Waals surface area contributed by atoms with Crippen molar-refractivity contribution in [2.24, 2.45) is 0 Å². The Morgan fingerprint density at radius 2 is 2.00 bits per heavy atom. The monoisotopic (exact) mass is 298 g/mol. The second-order valence-electron chi connectivity index (χ2n) is 4.76. The molecule has 0 aliphatic heterocycles. The third kappa shape index (κ3) is 5.63. The maximum atomic E-state index is 5.29. The van der Waals surface area contributed by atoms with Gasteiger partial charge in [0.25, 0.3) is 0 Å². The molecular formula is C14H24N3O2S+. The first-order valence-electron chi connectivity index (χ1n) is 6.62. The summed E-state index contributed by atoms with van der Waals surface area (Å²) >= 11 is 5.28. The lowest BCUT2D eigenvalue weighted by Gasteiger charge is -2.14. The molecule has 0 saturated carbocycles. The number of benzene rings is 1. The molecule has 0 aliphatic rings.